The van der Waals surface area contributed by atoms with Crippen molar-refractivity contribution in [2.45, 2.75) is 62.9 Å². The number of aliphatic carboxylic acids is 1. The van der Waals surface area contributed by atoms with Gasteiger partial charge in [0.2, 0.25) is 23.6 Å². The molecule has 5 atom stereocenters. The molecule has 0 aromatic heterocycles. The van der Waals surface area contributed by atoms with Crippen molar-refractivity contribution in [1.29, 1.82) is 0 Å². The minimum absolute atomic E-state index is 0.00200. The van der Waals surface area contributed by atoms with Gasteiger partial charge in [-0.3, -0.25) is 19.2 Å². The van der Waals surface area contributed by atoms with Crippen LogP contribution in [0, 0.1) is 0 Å². The fourth-order valence-electron chi connectivity index (χ4n) is 3.20. The number of amides is 4. The first kappa shape index (κ1) is 31.7. The highest BCUT2D eigenvalue weighted by Crippen LogP contribution is 2.12. The summed E-state index contributed by atoms with van der Waals surface area (Å²) in [6.45, 7) is 1.21. The molecule has 0 aliphatic heterocycles. The monoisotopic (exact) mass is 541 g/mol. The van der Waals surface area contributed by atoms with Crippen LogP contribution in [0.3, 0.4) is 0 Å². The molecule has 0 spiro atoms. The van der Waals surface area contributed by atoms with E-state index in [4.69, 9.17) is 11.5 Å². The van der Waals surface area contributed by atoms with Gasteiger partial charge in [0.15, 0.2) is 6.04 Å². The number of hydrogen-bond donors (Lipinski definition) is 8. The lowest BCUT2D eigenvalue weighted by Gasteiger charge is -2.26. The number of primary amides is 1. The third kappa shape index (κ3) is 11.5. The van der Waals surface area contributed by atoms with Gasteiger partial charge < -0.3 is 42.7 Å². The molecule has 0 fully saturated rings. The van der Waals surface area contributed by atoms with Crippen LogP contribution in [-0.2, 0) is 30.4 Å². The number of carbonyl (C=O) groups excluding carboxylic acids is 4. The number of carbonyl (C=O) groups is 5. The van der Waals surface area contributed by atoms with Crippen molar-refractivity contribution in [2.24, 2.45) is 11.5 Å². The summed E-state index contributed by atoms with van der Waals surface area (Å²) in [5, 5.41) is 35.7. The Kier molecular flexibility index (Phi) is 13.4. The van der Waals surface area contributed by atoms with Crippen LogP contribution in [0.5, 0.6) is 5.75 Å². The topological polar surface area (TPSA) is 234 Å². The van der Waals surface area contributed by atoms with Crippen LogP contribution in [0.15, 0.2) is 24.3 Å². The Morgan fingerprint density at radius 1 is 0.946 bits per heavy atom. The van der Waals surface area contributed by atoms with Gasteiger partial charge in [-0.1, -0.05) is 12.1 Å². The van der Waals surface area contributed by atoms with Crippen molar-refractivity contribution >= 4 is 41.4 Å². The minimum atomic E-state index is -1.59. The molecule has 0 bridgehead atoms. The fourth-order valence-corrected chi connectivity index (χ4v) is 3.68. The van der Waals surface area contributed by atoms with Crippen molar-refractivity contribution in [3.8, 4) is 5.75 Å². The van der Waals surface area contributed by atoms with Gasteiger partial charge in [-0.15, -0.1) is 0 Å². The van der Waals surface area contributed by atoms with E-state index in [9.17, 15) is 39.3 Å². The van der Waals surface area contributed by atoms with Gasteiger partial charge in [-0.25, -0.2) is 4.79 Å². The lowest BCUT2D eigenvalue weighted by atomic mass is 10.0. The summed E-state index contributed by atoms with van der Waals surface area (Å²) in [6.07, 6.45) is 0.346. The molecular formula is C23H35N5O8S. The highest BCUT2D eigenvalue weighted by atomic mass is 32.2. The quantitative estimate of drug-likeness (QED) is 0.117. The van der Waals surface area contributed by atoms with E-state index < -0.39 is 59.9 Å². The number of thioether (sulfide) groups is 1. The Bertz CT molecular complexity index is 944. The Morgan fingerprint density at radius 3 is 2.03 bits per heavy atom. The normalized spacial score (nSPS) is 14.9. The molecule has 5 unspecified atom stereocenters. The number of carboxylic acid groups (broad SMARTS) is 1. The molecule has 10 N–H and O–H groups in total. The summed E-state index contributed by atoms with van der Waals surface area (Å²) in [6, 6.07) is 0.831. The number of phenolic OH excluding ortho intramolecular Hbond substituents is 1. The third-order valence-corrected chi connectivity index (χ3v) is 5.98. The molecule has 206 valence electrons. The summed E-state index contributed by atoms with van der Waals surface area (Å²) >= 11 is 1.40. The Hall–Kier alpha value is -3.36. The standard InChI is InChI=1S/C23H35N5O8S/c1-12(29)19(23(35)36)28-21(33)16(9-10-37-2)26-22(34)17(11-13-3-5-14(30)6-4-13)27-20(32)15(24)7-8-18(25)31/h3-6,12,15-17,19,29-30H,7-11,24H2,1-2H3,(H2,25,31)(H,26,34)(H,27,32)(H,28,33)(H,35,36). The number of benzene rings is 1. The molecule has 0 saturated carbocycles. The summed E-state index contributed by atoms with van der Waals surface area (Å²) in [5.41, 5.74) is 11.5. The van der Waals surface area contributed by atoms with Gasteiger partial charge >= 0.3 is 5.97 Å². The summed E-state index contributed by atoms with van der Waals surface area (Å²) in [5.74, 6) is -3.91. The minimum Gasteiger partial charge on any atom is -0.508 e. The highest BCUT2D eigenvalue weighted by molar-refractivity contribution is 7.98. The molecular weight excluding hydrogens is 506 g/mol. The maximum Gasteiger partial charge on any atom is 0.328 e. The summed E-state index contributed by atoms with van der Waals surface area (Å²) in [4.78, 5) is 61.1. The number of aromatic hydroxyl groups is 1. The second-order valence-electron chi connectivity index (χ2n) is 8.45. The molecule has 1 rings (SSSR count). The first-order valence-electron chi connectivity index (χ1n) is 11.5. The number of hydrogen-bond acceptors (Lipinski definition) is 9. The van der Waals surface area contributed by atoms with E-state index in [2.05, 4.69) is 16.0 Å². The smallest absolute Gasteiger partial charge is 0.328 e. The van der Waals surface area contributed by atoms with E-state index in [1.807, 2.05) is 0 Å². The highest BCUT2D eigenvalue weighted by Gasteiger charge is 2.32. The van der Waals surface area contributed by atoms with Crippen molar-refractivity contribution in [2.75, 3.05) is 12.0 Å². The van der Waals surface area contributed by atoms with Crippen molar-refractivity contribution in [3.05, 3.63) is 29.8 Å². The van der Waals surface area contributed by atoms with E-state index in [1.54, 1.807) is 18.4 Å². The number of aliphatic hydroxyl groups is 1. The van der Waals surface area contributed by atoms with Crippen molar-refractivity contribution in [3.63, 3.8) is 0 Å². The fraction of sp³-hybridized carbons (Fsp3) is 0.522. The molecule has 4 amide bonds. The second kappa shape index (κ2) is 15.7. The van der Waals surface area contributed by atoms with Crippen LogP contribution in [0.1, 0.15) is 31.7 Å². The van der Waals surface area contributed by atoms with Crippen molar-refractivity contribution in [1.82, 2.24) is 16.0 Å². The van der Waals surface area contributed by atoms with E-state index in [0.717, 1.165) is 0 Å². The molecule has 0 aliphatic carbocycles. The van der Waals surface area contributed by atoms with Crippen LogP contribution < -0.4 is 27.4 Å². The van der Waals surface area contributed by atoms with Gasteiger partial charge in [0, 0.05) is 12.8 Å². The third-order valence-electron chi connectivity index (χ3n) is 5.34. The molecule has 1 aromatic rings. The average molecular weight is 542 g/mol. The van der Waals surface area contributed by atoms with E-state index in [-0.39, 0.29) is 31.4 Å². The SMILES string of the molecule is CSCCC(NC(=O)C(Cc1ccc(O)cc1)NC(=O)C(N)CCC(N)=O)C(=O)NC(C(=O)O)C(C)O. The Balaban J connectivity index is 3.11. The van der Waals surface area contributed by atoms with Crippen LogP contribution in [0.4, 0.5) is 0 Å². The number of rotatable bonds is 16. The molecule has 14 heteroatoms. The zero-order valence-electron chi connectivity index (χ0n) is 20.7. The first-order valence-corrected chi connectivity index (χ1v) is 12.9. The molecule has 1 aromatic carbocycles. The molecule has 13 nitrogen and oxygen atoms in total. The Labute approximate surface area is 218 Å². The lowest BCUT2D eigenvalue weighted by Crippen LogP contribution is -2.58. The van der Waals surface area contributed by atoms with Gasteiger partial charge in [-0.2, -0.15) is 11.8 Å². The number of nitrogens with two attached hydrogens (primary N) is 2. The molecule has 0 aliphatic rings. The number of nitrogens with one attached hydrogen (secondary N) is 3. The number of aliphatic hydroxyl groups excluding tert-OH is 1. The van der Waals surface area contributed by atoms with Gasteiger partial charge in [0.05, 0.1) is 12.1 Å². The largest absolute Gasteiger partial charge is 0.508 e. The van der Waals surface area contributed by atoms with Crippen LogP contribution >= 0.6 is 11.8 Å². The zero-order chi connectivity index (χ0) is 28.1. The van der Waals surface area contributed by atoms with Crippen LogP contribution in [-0.4, -0.2) is 87.2 Å². The van der Waals surface area contributed by atoms with E-state index in [0.29, 0.717) is 11.3 Å². The Morgan fingerprint density at radius 2 is 1.51 bits per heavy atom. The van der Waals surface area contributed by atoms with Crippen LogP contribution in [0.25, 0.3) is 0 Å². The first-order chi connectivity index (χ1) is 17.3. The molecule has 0 radical (unpaired) electrons. The van der Waals surface area contributed by atoms with Gasteiger partial charge in [0.25, 0.3) is 0 Å². The summed E-state index contributed by atoms with van der Waals surface area (Å²) in [7, 11) is 0. The number of carboxylic acids is 1. The average Bonchev–Trinajstić information content (AvgIpc) is 2.83. The van der Waals surface area contributed by atoms with Gasteiger partial charge in [0.1, 0.15) is 17.8 Å². The van der Waals surface area contributed by atoms with Gasteiger partial charge in [-0.05, 0) is 49.5 Å². The summed E-state index contributed by atoms with van der Waals surface area (Å²) < 4.78 is 0. The van der Waals surface area contributed by atoms with E-state index >= 15 is 0 Å². The predicted molar refractivity (Wildman–Crippen MR) is 136 cm³/mol. The maximum atomic E-state index is 13.2. The van der Waals surface area contributed by atoms with Crippen molar-refractivity contribution < 1.29 is 39.3 Å². The predicted octanol–water partition coefficient (Wildman–Crippen LogP) is -1.80. The zero-order valence-corrected chi connectivity index (χ0v) is 21.5. The maximum absolute atomic E-state index is 13.2. The second-order valence-corrected chi connectivity index (χ2v) is 9.44. The number of phenols is 1. The lowest BCUT2D eigenvalue weighted by molar-refractivity contribution is -0.145. The molecule has 37 heavy (non-hydrogen) atoms. The molecule has 0 saturated heterocycles. The van der Waals surface area contributed by atoms with E-state index in [1.165, 1.54) is 30.8 Å². The van der Waals surface area contributed by atoms with Crippen LogP contribution in [0.2, 0.25) is 0 Å². The molecule has 0 heterocycles.